The molecule has 0 saturated carbocycles. The van der Waals surface area contributed by atoms with Crippen LogP contribution in [0, 0.1) is 0 Å². The Balaban J connectivity index is 1.54. The maximum absolute atomic E-state index is 13.5. The van der Waals surface area contributed by atoms with E-state index in [0.29, 0.717) is 33.8 Å². The summed E-state index contributed by atoms with van der Waals surface area (Å²) in [7, 11) is 0. The molecule has 5 rings (SSSR count). The van der Waals surface area contributed by atoms with Crippen molar-refractivity contribution >= 4 is 46.1 Å². The van der Waals surface area contributed by atoms with Crippen LogP contribution in [0.4, 0.5) is 0 Å². The fraction of sp³-hybridized carbons (Fsp3) is 0.179. The number of thioether (sulfide) groups is 1. The molecule has 7 nitrogen and oxygen atoms in total. The van der Waals surface area contributed by atoms with Crippen molar-refractivity contribution in [2.24, 2.45) is 4.99 Å². The Kier molecular flexibility index (Phi) is 7.48. The predicted molar refractivity (Wildman–Crippen MR) is 144 cm³/mol. The number of nitrogens with zero attached hydrogens (tertiary/aromatic N) is 2. The molecule has 188 valence electrons. The number of amidine groups is 1. The van der Waals surface area contributed by atoms with Crippen LogP contribution in [0.5, 0.6) is 0 Å². The molecule has 1 atom stereocenters. The van der Waals surface area contributed by atoms with Crippen LogP contribution in [-0.4, -0.2) is 28.6 Å². The van der Waals surface area contributed by atoms with Crippen molar-refractivity contribution in [2.75, 3.05) is 6.61 Å². The van der Waals surface area contributed by atoms with E-state index in [4.69, 9.17) is 25.7 Å². The molecule has 0 aliphatic carbocycles. The minimum Gasteiger partial charge on any atom is -0.467 e. The van der Waals surface area contributed by atoms with E-state index in [2.05, 4.69) is 5.32 Å². The van der Waals surface area contributed by atoms with Crippen LogP contribution in [0.25, 0.3) is 5.70 Å². The molecule has 0 bridgehead atoms. The number of ether oxygens (including phenoxy) is 1. The zero-order valence-corrected chi connectivity index (χ0v) is 21.6. The first kappa shape index (κ1) is 24.9. The van der Waals surface area contributed by atoms with E-state index in [-0.39, 0.29) is 18.9 Å². The minimum absolute atomic E-state index is 0.105. The summed E-state index contributed by atoms with van der Waals surface area (Å²) in [5, 5.41) is 6.06. The summed E-state index contributed by atoms with van der Waals surface area (Å²) in [5.74, 6) is 0.0416. The van der Waals surface area contributed by atoms with Gasteiger partial charge in [0.1, 0.15) is 5.76 Å². The highest BCUT2D eigenvalue weighted by Gasteiger charge is 2.42. The SMILES string of the molecule is CCOC(=O)C1=C(c2ccccc2)N=C2SC=C(CC(=O)NCc3ccco3)N2C1c1ccc(Cl)cc1. The number of fused-ring (bicyclic) bond motifs is 1. The molecule has 3 aromatic rings. The van der Waals surface area contributed by atoms with Crippen LogP contribution in [0.15, 0.2) is 99.1 Å². The summed E-state index contributed by atoms with van der Waals surface area (Å²) >= 11 is 7.61. The first-order valence-electron chi connectivity index (χ1n) is 11.8. The van der Waals surface area contributed by atoms with E-state index in [0.717, 1.165) is 16.8 Å². The lowest BCUT2D eigenvalue weighted by atomic mass is 9.91. The average Bonchev–Trinajstić information content (AvgIpc) is 3.58. The highest BCUT2D eigenvalue weighted by molar-refractivity contribution is 8.16. The molecule has 2 aliphatic rings. The number of esters is 1. The molecule has 2 aromatic carbocycles. The van der Waals surface area contributed by atoms with E-state index in [9.17, 15) is 9.59 Å². The highest BCUT2D eigenvalue weighted by Crippen LogP contribution is 2.47. The van der Waals surface area contributed by atoms with Gasteiger partial charge in [-0.25, -0.2) is 9.79 Å². The number of carbonyl (C=O) groups excluding carboxylic acids is 2. The second-order valence-corrected chi connectivity index (χ2v) is 9.60. The molecule has 0 spiro atoms. The molecule has 0 fully saturated rings. The zero-order valence-electron chi connectivity index (χ0n) is 20.0. The van der Waals surface area contributed by atoms with E-state index in [1.165, 1.54) is 11.8 Å². The summed E-state index contributed by atoms with van der Waals surface area (Å²) in [5.41, 5.74) is 3.33. The van der Waals surface area contributed by atoms with Gasteiger partial charge in [0.15, 0.2) is 5.17 Å². The summed E-state index contributed by atoms with van der Waals surface area (Å²) < 4.78 is 10.8. The summed E-state index contributed by atoms with van der Waals surface area (Å²) in [6, 6.07) is 19.9. The van der Waals surface area contributed by atoms with Gasteiger partial charge in [-0.15, -0.1) is 0 Å². The molecule has 3 heterocycles. The van der Waals surface area contributed by atoms with E-state index >= 15 is 0 Å². The Morgan fingerprint density at radius 2 is 1.89 bits per heavy atom. The van der Waals surface area contributed by atoms with Crippen molar-refractivity contribution in [1.29, 1.82) is 0 Å². The molecule has 0 saturated heterocycles. The van der Waals surface area contributed by atoms with Crippen molar-refractivity contribution < 1.29 is 18.7 Å². The number of hydrogen-bond acceptors (Lipinski definition) is 7. The fourth-order valence-electron chi connectivity index (χ4n) is 4.27. The smallest absolute Gasteiger partial charge is 0.338 e. The molecule has 37 heavy (non-hydrogen) atoms. The summed E-state index contributed by atoms with van der Waals surface area (Å²) in [4.78, 5) is 33.2. The Morgan fingerprint density at radius 1 is 1.11 bits per heavy atom. The fourth-order valence-corrected chi connectivity index (χ4v) is 5.32. The first-order chi connectivity index (χ1) is 18.0. The number of furan rings is 1. The van der Waals surface area contributed by atoms with Crippen molar-refractivity contribution in [3.8, 4) is 0 Å². The Hall–Kier alpha value is -3.75. The number of aliphatic imine (C=N–C) groups is 1. The Bertz CT molecular complexity index is 1380. The van der Waals surface area contributed by atoms with Crippen LogP contribution in [0.1, 0.15) is 36.3 Å². The second kappa shape index (κ2) is 11.1. The molecule has 1 amide bonds. The van der Waals surface area contributed by atoms with Gasteiger partial charge < -0.3 is 19.4 Å². The van der Waals surface area contributed by atoms with Gasteiger partial charge in [-0.2, -0.15) is 0 Å². The quantitative estimate of drug-likeness (QED) is 0.362. The number of rotatable bonds is 8. The topological polar surface area (TPSA) is 84.1 Å². The molecule has 1 unspecified atom stereocenters. The van der Waals surface area contributed by atoms with Crippen molar-refractivity contribution in [3.05, 3.63) is 112 Å². The van der Waals surface area contributed by atoms with Crippen LogP contribution >= 0.6 is 23.4 Å². The summed E-state index contributed by atoms with van der Waals surface area (Å²) in [6.07, 6.45) is 1.67. The number of benzene rings is 2. The van der Waals surface area contributed by atoms with Crippen LogP contribution in [-0.2, 0) is 20.9 Å². The van der Waals surface area contributed by atoms with Gasteiger partial charge in [0.2, 0.25) is 5.91 Å². The van der Waals surface area contributed by atoms with Crippen LogP contribution in [0.3, 0.4) is 0 Å². The largest absolute Gasteiger partial charge is 0.467 e. The number of nitrogens with one attached hydrogen (secondary N) is 1. The molecule has 9 heteroatoms. The molecule has 1 N–H and O–H groups in total. The Labute approximate surface area is 223 Å². The minimum atomic E-state index is -0.557. The number of halogens is 1. The van der Waals surface area contributed by atoms with Crippen molar-refractivity contribution in [3.63, 3.8) is 0 Å². The van der Waals surface area contributed by atoms with Crippen LogP contribution in [0.2, 0.25) is 5.02 Å². The van der Waals surface area contributed by atoms with Crippen LogP contribution < -0.4 is 5.32 Å². The molecular formula is C28H24ClN3O4S. The average molecular weight is 534 g/mol. The number of amides is 1. The Morgan fingerprint density at radius 3 is 2.59 bits per heavy atom. The van der Waals surface area contributed by atoms with Gasteiger partial charge in [0.25, 0.3) is 0 Å². The lowest BCUT2D eigenvalue weighted by Crippen LogP contribution is -2.38. The van der Waals surface area contributed by atoms with E-state index < -0.39 is 12.0 Å². The van der Waals surface area contributed by atoms with Gasteiger partial charge >= 0.3 is 5.97 Å². The highest BCUT2D eigenvalue weighted by atomic mass is 35.5. The number of hydrogen-bond donors (Lipinski definition) is 1. The van der Waals surface area contributed by atoms with E-state index in [1.54, 1.807) is 37.5 Å². The van der Waals surface area contributed by atoms with E-state index in [1.807, 2.05) is 52.8 Å². The van der Waals surface area contributed by atoms with Crippen molar-refractivity contribution in [1.82, 2.24) is 10.2 Å². The molecule has 2 aliphatic heterocycles. The third-order valence-corrected chi connectivity index (χ3v) is 7.06. The van der Waals surface area contributed by atoms with Gasteiger partial charge in [0, 0.05) is 16.3 Å². The number of carbonyl (C=O) groups is 2. The third kappa shape index (κ3) is 5.35. The maximum Gasteiger partial charge on any atom is 0.338 e. The lowest BCUT2D eigenvalue weighted by Gasteiger charge is -2.36. The lowest BCUT2D eigenvalue weighted by molar-refractivity contribution is -0.139. The third-order valence-electron chi connectivity index (χ3n) is 5.92. The maximum atomic E-state index is 13.5. The molecular weight excluding hydrogens is 510 g/mol. The zero-order chi connectivity index (χ0) is 25.8. The van der Waals surface area contributed by atoms with Gasteiger partial charge in [-0.05, 0) is 42.2 Å². The van der Waals surface area contributed by atoms with Crippen molar-refractivity contribution in [2.45, 2.75) is 25.9 Å². The van der Waals surface area contributed by atoms with Gasteiger partial charge in [0.05, 0.1) is 43.1 Å². The monoisotopic (exact) mass is 533 g/mol. The normalized spacial score (nSPS) is 16.7. The predicted octanol–water partition coefficient (Wildman–Crippen LogP) is 5.91. The molecule has 1 aromatic heterocycles. The second-order valence-electron chi connectivity index (χ2n) is 8.33. The standard InChI is InChI=1S/C28H24ClN3O4S/c1-2-35-27(34)24-25(18-7-4-3-5-8-18)31-28-32(26(24)19-10-12-20(29)13-11-19)21(17-37-28)15-23(33)30-16-22-9-6-14-36-22/h3-14,17,26H,2,15-16H2,1H3,(H,30,33). The van der Waals surface area contributed by atoms with Gasteiger partial charge in [-0.3, -0.25) is 4.79 Å². The summed E-state index contributed by atoms with van der Waals surface area (Å²) in [6.45, 7) is 2.29. The molecule has 0 radical (unpaired) electrons. The van der Waals surface area contributed by atoms with Gasteiger partial charge in [-0.1, -0.05) is 65.8 Å². The first-order valence-corrected chi connectivity index (χ1v) is 13.1.